The number of halogens is 4. The zero-order valence-corrected chi connectivity index (χ0v) is 14.3. The molecule has 2 rings (SSSR count). The number of aromatic amines is 1. The fraction of sp³-hybridized carbons (Fsp3) is 0.250. The first kappa shape index (κ1) is 19.6. The maximum Gasteiger partial charge on any atom is 0.416 e. The van der Waals surface area contributed by atoms with Crippen molar-refractivity contribution in [3.63, 3.8) is 0 Å². The second-order valence-electron chi connectivity index (χ2n) is 5.36. The number of imidazole rings is 1. The van der Waals surface area contributed by atoms with Crippen molar-refractivity contribution < 1.29 is 22.8 Å². The van der Waals surface area contributed by atoms with Gasteiger partial charge in [-0.25, -0.2) is 10.4 Å². The molecule has 0 aliphatic heterocycles. The molecule has 0 aliphatic carbocycles. The van der Waals surface area contributed by atoms with E-state index in [-0.39, 0.29) is 23.4 Å². The minimum atomic E-state index is -4.61. The van der Waals surface area contributed by atoms with Gasteiger partial charge in [-0.15, -0.1) is 0 Å². The molecule has 1 amide bonds. The third kappa shape index (κ3) is 5.41. The molecule has 1 heterocycles. The quantitative estimate of drug-likeness (QED) is 0.452. The van der Waals surface area contributed by atoms with Crippen molar-refractivity contribution in [2.45, 2.75) is 25.9 Å². The molecular formula is C16H14ClF3N4O2. The van der Waals surface area contributed by atoms with Crippen LogP contribution in [0.25, 0.3) is 0 Å². The standard InChI is InChI=1S/C16H14ClF3N4O2/c1-9-13(22-8-21-9)7-23-24-15(26)3-2-14(25)10-4-11(16(18,19)20)6-12(17)5-10/h4-8H,2-3H2,1H3,(H,21,22)(H,24,26)/b23-7+. The van der Waals surface area contributed by atoms with Crippen molar-refractivity contribution >= 4 is 29.5 Å². The Kier molecular flexibility index (Phi) is 6.14. The molecule has 0 saturated heterocycles. The number of aromatic nitrogens is 2. The molecule has 0 bridgehead atoms. The molecule has 0 atom stereocenters. The van der Waals surface area contributed by atoms with E-state index < -0.39 is 23.4 Å². The number of H-pyrrole nitrogens is 1. The van der Waals surface area contributed by atoms with Crippen molar-refractivity contribution in [2.75, 3.05) is 0 Å². The van der Waals surface area contributed by atoms with Gasteiger partial charge in [-0.1, -0.05) is 11.6 Å². The molecule has 0 saturated carbocycles. The highest BCUT2D eigenvalue weighted by atomic mass is 35.5. The highest BCUT2D eigenvalue weighted by Crippen LogP contribution is 2.32. The first-order valence-corrected chi connectivity index (χ1v) is 7.77. The van der Waals surface area contributed by atoms with E-state index in [1.807, 2.05) is 0 Å². The lowest BCUT2D eigenvalue weighted by Gasteiger charge is -2.09. The average Bonchev–Trinajstić information content (AvgIpc) is 2.96. The number of carbonyl (C=O) groups is 2. The summed E-state index contributed by atoms with van der Waals surface area (Å²) in [5.41, 5.74) is 2.31. The first-order chi connectivity index (χ1) is 12.2. The summed E-state index contributed by atoms with van der Waals surface area (Å²) in [6, 6.07) is 2.58. The SMILES string of the molecule is Cc1[nH]cnc1/C=N/NC(=O)CCC(=O)c1cc(Cl)cc(C(F)(F)F)c1. The van der Waals surface area contributed by atoms with Crippen LogP contribution in [0.15, 0.2) is 29.6 Å². The van der Waals surface area contributed by atoms with E-state index in [2.05, 4.69) is 20.5 Å². The van der Waals surface area contributed by atoms with Crippen molar-refractivity contribution in [1.82, 2.24) is 15.4 Å². The van der Waals surface area contributed by atoms with Crippen LogP contribution in [0.4, 0.5) is 13.2 Å². The van der Waals surface area contributed by atoms with Gasteiger partial charge in [0.05, 0.1) is 18.1 Å². The Balaban J connectivity index is 1.92. The molecule has 2 N–H and O–H groups in total. The fourth-order valence-corrected chi connectivity index (χ4v) is 2.24. The summed E-state index contributed by atoms with van der Waals surface area (Å²) >= 11 is 5.63. The number of aryl methyl sites for hydroxylation is 1. The van der Waals surface area contributed by atoms with Gasteiger partial charge in [0.15, 0.2) is 5.78 Å². The van der Waals surface area contributed by atoms with Gasteiger partial charge >= 0.3 is 6.18 Å². The Morgan fingerprint density at radius 3 is 2.65 bits per heavy atom. The van der Waals surface area contributed by atoms with Gasteiger partial charge in [0.2, 0.25) is 5.91 Å². The number of alkyl halides is 3. The predicted octanol–water partition coefficient (Wildman–Crippen LogP) is 3.50. The number of nitrogens with zero attached hydrogens (tertiary/aromatic N) is 2. The van der Waals surface area contributed by atoms with Crippen LogP contribution in [0.2, 0.25) is 5.02 Å². The number of nitrogens with one attached hydrogen (secondary N) is 2. The molecule has 0 aliphatic rings. The number of ketones is 1. The number of hydrogen-bond donors (Lipinski definition) is 2. The number of Topliss-reactive ketones (excluding diaryl/α,β-unsaturated/α-hetero) is 1. The van der Waals surface area contributed by atoms with Crippen LogP contribution >= 0.6 is 11.6 Å². The second-order valence-corrected chi connectivity index (χ2v) is 5.79. The lowest BCUT2D eigenvalue weighted by molar-refractivity contribution is -0.137. The molecule has 2 aromatic rings. The monoisotopic (exact) mass is 386 g/mol. The summed E-state index contributed by atoms with van der Waals surface area (Å²) in [6.07, 6.45) is -2.32. The summed E-state index contributed by atoms with van der Waals surface area (Å²) in [5.74, 6) is -1.18. The zero-order valence-electron chi connectivity index (χ0n) is 13.5. The van der Waals surface area contributed by atoms with Gasteiger partial charge in [0.25, 0.3) is 0 Å². The number of hydrogen-bond acceptors (Lipinski definition) is 4. The summed E-state index contributed by atoms with van der Waals surface area (Å²) < 4.78 is 38.3. The fourth-order valence-electron chi connectivity index (χ4n) is 2.01. The molecule has 0 fully saturated rings. The van der Waals surface area contributed by atoms with Crippen molar-refractivity contribution in [1.29, 1.82) is 0 Å². The Morgan fingerprint density at radius 1 is 1.31 bits per heavy atom. The van der Waals surface area contributed by atoms with Crippen molar-refractivity contribution in [2.24, 2.45) is 5.10 Å². The van der Waals surface area contributed by atoms with Gasteiger partial charge < -0.3 is 4.98 Å². The molecule has 0 spiro atoms. The maximum atomic E-state index is 12.8. The maximum absolute atomic E-state index is 12.8. The van der Waals surface area contributed by atoms with Crippen molar-refractivity contribution in [3.8, 4) is 0 Å². The van der Waals surface area contributed by atoms with Crippen LogP contribution in [0.5, 0.6) is 0 Å². The Hall–Kier alpha value is -2.68. The van der Waals surface area contributed by atoms with E-state index in [9.17, 15) is 22.8 Å². The molecule has 1 aromatic carbocycles. The van der Waals surface area contributed by atoms with Crippen LogP contribution < -0.4 is 5.43 Å². The minimum absolute atomic E-state index is 0.201. The number of amides is 1. The van der Waals surface area contributed by atoms with Gasteiger partial charge in [0, 0.05) is 29.1 Å². The van der Waals surface area contributed by atoms with E-state index in [4.69, 9.17) is 11.6 Å². The zero-order chi connectivity index (χ0) is 19.3. The molecular weight excluding hydrogens is 373 g/mol. The molecule has 10 heteroatoms. The first-order valence-electron chi connectivity index (χ1n) is 7.39. The van der Waals surface area contributed by atoms with Crippen LogP contribution in [0.3, 0.4) is 0 Å². The molecule has 26 heavy (non-hydrogen) atoms. The van der Waals surface area contributed by atoms with Crippen LogP contribution in [0, 0.1) is 6.92 Å². The molecule has 0 radical (unpaired) electrons. The number of rotatable bonds is 6. The van der Waals surface area contributed by atoms with Crippen LogP contribution in [-0.4, -0.2) is 27.9 Å². The lowest BCUT2D eigenvalue weighted by Crippen LogP contribution is -2.18. The van der Waals surface area contributed by atoms with Gasteiger partial charge in [0.1, 0.15) is 5.69 Å². The normalized spacial score (nSPS) is 11.7. The number of hydrazone groups is 1. The third-order valence-electron chi connectivity index (χ3n) is 3.37. The summed E-state index contributed by atoms with van der Waals surface area (Å²) in [5, 5.41) is 3.50. The third-order valence-corrected chi connectivity index (χ3v) is 3.59. The van der Waals surface area contributed by atoms with E-state index >= 15 is 0 Å². The van der Waals surface area contributed by atoms with E-state index in [1.165, 1.54) is 12.5 Å². The van der Waals surface area contributed by atoms with Crippen LogP contribution in [-0.2, 0) is 11.0 Å². The van der Waals surface area contributed by atoms with E-state index in [1.54, 1.807) is 6.92 Å². The Labute approximate surface area is 151 Å². The molecule has 0 unspecified atom stereocenters. The molecule has 1 aromatic heterocycles. The average molecular weight is 387 g/mol. The number of benzene rings is 1. The van der Waals surface area contributed by atoms with Gasteiger partial charge in [-0.2, -0.15) is 18.3 Å². The van der Waals surface area contributed by atoms with E-state index in [0.717, 1.165) is 17.8 Å². The predicted molar refractivity (Wildman–Crippen MR) is 89.1 cm³/mol. The Bertz CT molecular complexity index is 846. The summed E-state index contributed by atoms with van der Waals surface area (Å²) in [6.45, 7) is 1.77. The lowest BCUT2D eigenvalue weighted by atomic mass is 10.0. The van der Waals surface area contributed by atoms with Gasteiger partial charge in [-0.3, -0.25) is 9.59 Å². The molecule has 6 nitrogen and oxygen atoms in total. The highest BCUT2D eigenvalue weighted by molar-refractivity contribution is 6.31. The van der Waals surface area contributed by atoms with E-state index in [0.29, 0.717) is 11.8 Å². The second kappa shape index (κ2) is 8.13. The largest absolute Gasteiger partial charge is 0.416 e. The number of carbonyl (C=O) groups excluding carboxylic acids is 2. The summed E-state index contributed by atoms with van der Waals surface area (Å²) in [4.78, 5) is 30.5. The highest BCUT2D eigenvalue weighted by Gasteiger charge is 2.31. The van der Waals surface area contributed by atoms with Crippen LogP contribution in [0.1, 0.15) is 40.2 Å². The van der Waals surface area contributed by atoms with Crippen molar-refractivity contribution in [3.05, 3.63) is 52.1 Å². The minimum Gasteiger partial charge on any atom is -0.348 e. The summed E-state index contributed by atoms with van der Waals surface area (Å²) in [7, 11) is 0. The Morgan fingerprint density at radius 2 is 2.04 bits per heavy atom. The molecule has 138 valence electrons. The smallest absolute Gasteiger partial charge is 0.348 e. The topological polar surface area (TPSA) is 87.2 Å². The van der Waals surface area contributed by atoms with Gasteiger partial charge in [-0.05, 0) is 25.1 Å².